The van der Waals surface area contributed by atoms with Gasteiger partial charge < -0.3 is 15.3 Å². The highest BCUT2D eigenvalue weighted by atomic mass is 32.2. The maximum absolute atomic E-state index is 13.0. The highest BCUT2D eigenvalue weighted by Gasteiger charge is 2.54. The third-order valence-electron chi connectivity index (χ3n) is 7.80. The van der Waals surface area contributed by atoms with E-state index >= 15 is 0 Å². The zero-order valence-electron chi connectivity index (χ0n) is 19.1. The summed E-state index contributed by atoms with van der Waals surface area (Å²) in [6.07, 6.45) is 5.39. The molecule has 188 valence electrons. The molecule has 2 unspecified atom stereocenters. The summed E-state index contributed by atoms with van der Waals surface area (Å²) < 4.78 is 50.8. The van der Waals surface area contributed by atoms with Crippen LogP contribution in [-0.2, 0) is 10.8 Å². The number of aromatic nitrogens is 2. The first-order chi connectivity index (χ1) is 16.8. The Kier molecular flexibility index (Phi) is 5.80. The molecular formula is C24H27F3N4O2S2. The van der Waals surface area contributed by atoms with Gasteiger partial charge in [-0.3, -0.25) is 4.21 Å². The van der Waals surface area contributed by atoms with Gasteiger partial charge in [-0.05, 0) is 73.9 Å². The quantitative estimate of drug-likeness (QED) is 0.527. The maximum Gasteiger partial charge on any atom is 0.446 e. The molecule has 3 fully saturated rings. The number of hydrogen-bond donors (Lipinski definition) is 2. The summed E-state index contributed by atoms with van der Waals surface area (Å²) in [6, 6.07) is 6.70. The summed E-state index contributed by atoms with van der Waals surface area (Å²) in [5, 5.41) is 13.5. The molecule has 0 radical (unpaired) electrons. The van der Waals surface area contributed by atoms with Gasteiger partial charge in [-0.25, -0.2) is 4.98 Å². The van der Waals surface area contributed by atoms with Crippen molar-refractivity contribution in [3.63, 3.8) is 0 Å². The molecule has 11 heteroatoms. The molecule has 2 N–H and O–H groups in total. The Balaban J connectivity index is 1.19. The molecule has 0 bridgehead atoms. The molecule has 3 heterocycles. The van der Waals surface area contributed by atoms with Crippen molar-refractivity contribution >= 4 is 34.3 Å². The highest BCUT2D eigenvalue weighted by Crippen LogP contribution is 2.56. The molecule has 6 rings (SSSR count). The first-order valence-corrected chi connectivity index (χ1v) is 14.1. The SMILES string of the molecule is O=[S@@]1c2c(NC3(CO)CCC3)nc(N3CCC(c4ccc(SC(F)(F)F)cc4)CC3)nc2C2CC21. The lowest BCUT2D eigenvalue weighted by molar-refractivity contribution is -0.0328. The number of benzene rings is 1. The number of alkyl halides is 3. The fraction of sp³-hybridized carbons (Fsp3) is 0.583. The number of nitrogens with zero attached hydrogens (tertiary/aromatic N) is 3. The average Bonchev–Trinajstić information content (AvgIpc) is 3.56. The smallest absolute Gasteiger partial charge is 0.394 e. The maximum atomic E-state index is 13.0. The Bertz CT molecular complexity index is 1140. The normalized spacial score (nSPS) is 27.2. The molecule has 1 aromatic heterocycles. The van der Waals surface area contributed by atoms with Crippen LogP contribution in [0, 0.1) is 0 Å². The number of piperidine rings is 1. The molecule has 0 spiro atoms. The number of nitrogens with one attached hydrogen (secondary N) is 1. The molecule has 6 nitrogen and oxygen atoms in total. The van der Waals surface area contributed by atoms with Gasteiger partial charge >= 0.3 is 5.51 Å². The average molecular weight is 525 g/mol. The monoisotopic (exact) mass is 524 g/mol. The van der Waals surface area contributed by atoms with Crippen LogP contribution < -0.4 is 10.2 Å². The molecule has 4 aliphatic rings. The molecule has 3 atom stereocenters. The molecule has 35 heavy (non-hydrogen) atoms. The van der Waals surface area contributed by atoms with Crippen LogP contribution >= 0.6 is 11.8 Å². The number of thioether (sulfide) groups is 1. The number of hydrogen-bond acceptors (Lipinski definition) is 7. The van der Waals surface area contributed by atoms with Gasteiger partial charge in [-0.1, -0.05) is 12.1 Å². The molecule has 2 aromatic rings. The van der Waals surface area contributed by atoms with Crippen molar-refractivity contribution in [3.05, 3.63) is 35.5 Å². The van der Waals surface area contributed by atoms with E-state index in [2.05, 4.69) is 10.2 Å². The molecule has 1 aromatic carbocycles. The second-order valence-electron chi connectivity index (χ2n) is 10.1. The van der Waals surface area contributed by atoms with E-state index in [0.717, 1.165) is 67.8 Å². The van der Waals surface area contributed by atoms with Gasteiger partial charge in [0.2, 0.25) is 5.95 Å². The Labute approximate surface area is 208 Å². The van der Waals surface area contributed by atoms with Crippen molar-refractivity contribution in [2.45, 2.75) is 76.4 Å². The summed E-state index contributed by atoms with van der Waals surface area (Å²) in [6.45, 7) is 1.50. The topological polar surface area (TPSA) is 78.3 Å². The fourth-order valence-corrected chi connectivity index (χ4v) is 7.85. The molecule has 2 aliphatic heterocycles. The highest BCUT2D eigenvalue weighted by molar-refractivity contribution is 8.00. The van der Waals surface area contributed by atoms with Gasteiger partial charge in [0.15, 0.2) is 0 Å². The summed E-state index contributed by atoms with van der Waals surface area (Å²) >= 11 is -0.0885. The molecule has 2 saturated carbocycles. The Hall–Kier alpha value is -1.85. The predicted octanol–water partition coefficient (Wildman–Crippen LogP) is 4.78. The number of halogens is 3. The van der Waals surface area contributed by atoms with Crippen LogP contribution in [0.15, 0.2) is 34.1 Å². The first-order valence-electron chi connectivity index (χ1n) is 12.1. The minimum Gasteiger partial charge on any atom is -0.394 e. The van der Waals surface area contributed by atoms with Gasteiger partial charge in [0.05, 0.1) is 28.6 Å². The van der Waals surface area contributed by atoms with Crippen molar-refractivity contribution in [3.8, 4) is 0 Å². The minimum absolute atomic E-state index is 0.0201. The van der Waals surface area contributed by atoms with Crippen LogP contribution in [0.1, 0.15) is 61.6 Å². The molecule has 2 aliphatic carbocycles. The summed E-state index contributed by atoms with van der Waals surface area (Å²) in [5.74, 6) is 1.77. The number of anilines is 2. The van der Waals surface area contributed by atoms with E-state index in [-0.39, 0.29) is 45.9 Å². The van der Waals surface area contributed by atoms with Crippen LogP contribution in [-0.4, -0.2) is 55.3 Å². The summed E-state index contributed by atoms with van der Waals surface area (Å²) in [7, 11) is -1.11. The van der Waals surface area contributed by atoms with Crippen molar-refractivity contribution in [1.29, 1.82) is 0 Å². The van der Waals surface area contributed by atoms with Gasteiger partial charge in [-0.15, -0.1) is 0 Å². The van der Waals surface area contributed by atoms with Crippen molar-refractivity contribution in [1.82, 2.24) is 9.97 Å². The van der Waals surface area contributed by atoms with Crippen LogP contribution in [0.2, 0.25) is 0 Å². The Morgan fingerprint density at radius 2 is 1.89 bits per heavy atom. The second-order valence-corrected chi connectivity index (χ2v) is 12.8. The van der Waals surface area contributed by atoms with Crippen LogP contribution in [0.5, 0.6) is 0 Å². The first kappa shape index (κ1) is 23.5. The van der Waals surface area contributed by atoms with Gasteiger partial charge in [0, 0.05) is 29.2 Å². The number of aliphatic hydroxyl groups excluding tert-OH is 1. The van der Waals surface area contributed by atoms with E-state index in [9.17, 15) is 22.5 Å². The van der Waals surface area contributed by atoms with Gasteiger partial charge in [0.25, 0.3) is 0 Å². The lowest BCUT2D eigenvalue weighted by Gasteiger charge is -2.42. The Morgan fingerprint density at radius 1 is 1.17 bits per heavy atom. The van der Waals surface area contributed by atoms with E-state index in [4.69, 9.17) is 9.97 Å². The van der Waals surface area contributed by atoms with Crippen LogP contribution in [0.4, 0.5) is 24.9 Å². The number of rotatable bonds is 6. The van der Waals surface area contributed by atoms with Crippen molar-refractivity contribution in [2.24, 2.45) is 0 Å². The molecule has 1 saturated heterocycles. The van der Waals surface area contributed by atoms with Crippen molar-refractivity contribution < 1.29 is 22.5 Å². The van der Waals surface area contributed by atoms with E-state index in [0.29, 0.717) is 11.8 Å². The lowest BCUT2D eigenvalue weighted by Crippen LogP contribution is -2.49. The molecular weight excluding hydrogens is 497 g/mol. The summed E-state index contributed by atoms with van der Waals surface area (Å²) in [4.78, 5) is 12.8. The third-order valence-corrected chi connectivity index (χ3v) is 10.4. The third kappa shape index (κ3) is 4.44. The molecule has 0 amide bonds. The Morgan fingerprint density at radius 3 is 2.49 bits per heavy atom. The van der Waals surface area contributed by atoms with E-state index in [1.54, 1.807) is 24.3 Å². The lowest BCUT2D eigenvalue weighted by atomic mass is 9.77. The number of aliphatic hydroxyl groups is 1. The van der Waals surface area contributed by atoms with E-state index in [1.807, 2.05) is 0 Å². The standard InChI is InChI=1S/C24H27F3N4O2S2/c25-24(26,27)34-16-4-2-14(3-5-16)15-6-10-31(11-7-15)22-28-19-17-12-18(17)35(33)20(19)21(29-22)30-23(13-32)8-1-9-23/h2-5,15,17-18,32H,1,6-13H2,(H,28,29,30)/t17?,18?,35-/m0/s1. The number of fused-ring (bicyclic) bond motifs is 3. The summed E-state index contributed by atoms with van der Waals surface area (Å²) in [5.41, 5.74) is -2.72. The van der Waals surface area contributed by atoms with Gasteiger partial charge in [0.1, 0.15) is 10.7 Å². The predicted molar refractivity (Wildman–Crippen MR) is 129 cm³/mol. The van der Waals surface area contributed by atoms with E-state index < -0.39 is 16.3 Å². The van der Waals surface area contributed by atoms with Crippen LogP contribution in [0.25, 0.3) is 0 Å². The van der Waals surface area contributed by atoms with Gasteiger partial charge in [-0.2, -0.15) is 18.2 Å². The van der Waals surface area contributed by atoms with Crippen LogP contribution in [0.3, 0.4) is 0 Å². The van der Waals surface area contributed by atoms with Crippen molar-refractivity contribution in [2.75, 3.05) is 29.9 Å². The van der Waals surface area contributed by atoms with E-state index in [1.165, 1.54) is 0 Å². The largest absolute Gasteiger partial charge is 0.446 e. The minimum atomic E-state index is -4.28. The zero-order valence-corrected chi connectivity index (χ0v) is 20.7. The fourth-order valence-electron chi connectivity index (χ4n) is 5.51. The zero-order chi connectivity index (χ0) is 24.4. The second kappa shape index (κ2) is 8.62.